The Balaban J connectivity index is 1.48. The molecule has 0 radical (unpaired) electrons. The highest BCUT2D eigenvalue weighted by Gasteiger charge is 2.60. The Morgan fingerprint density at radius 2 is 1.97 bits per heavy atom. The van der Waals surface area contributed by atoms with Crippen molar-refractivity contribution >= 4 is 40.7 Å². The Morgan fingerprint density at radius 1 is 1.21 bits per heavy atom. The first kappa shape index (κ1) is 23.2. The number of carbonyl (C=O) groups is 2. The van der Waals surface area contributed by atoms with Crippen LogP contribution in [0.3, 0.4) is 0 Å². The molecule has 4 aliphatic rings. The molecule has 0 bridgehead atoms. The number of allylic oxidation sites excluding steroid dienone is 2. The minimum atomic E-state index is -0.762. The van der Waals surface area contributed by atoms with Gasteiger partial charge < -0.3 is 10.2 Å². The lowest BCUT2D eigenvalue weighted by Gasteiger charge is -2.59. The number of likely N-dealkylation sites (tertiary alicyclic amines) is 1. The lowest BCUT2D eigenvalue weighted by atomic mass is 9.48. The van der Waals surface area contributed by atoms with Crippen molar-refractivity contribution in [3.8, 4) is 0 Å². The van der Waals surface area contributed by atoms with Gasteiger partial charge in [0.15, 0.2) is 5.15 Å². The van der Waals surface area contributed by atoms with Crippen LogP contribution in [0.1, 0.15) is 65.7 Å². The number of rotatable bonds is 2. The Hall–Kier alpha value is -1.59. The number of anilines is 1. The van der Waals surface area contributed by atoms with Crippen LogP contribution in [0.15, 0.2) is 23.5 Å². The molecular formula is C26H33Cl2N3O2. The molecule has 0 spiro atoms. The maximum Gasteiger partial charge on any atom is 0.239 e. The Bertz CT molecular complexity index is 1060. The van der Waals surface area contributed by atoms with Crippen LogP contribution in [0.2, 0.25) is 10.2 Å². The lowest BCUT2D eigenvalue weighted by molar-refractivity contribution is -0.147. The molecule has 7 heteroatoms. The van der Waals surface area contributed by atoms with E-state index < -0.39 is 5.92 Å². The van der Waals surface area contributed by atoms with E-state index in [9.17, 15) is 9.59 Å². The summed E-state index contributed by atoms with van der Waals surface area (Å²) in [6.45, 7) is 7.00. The van der Waals surface area contributed by atoms with Crippen LogP contribution in [-0.2, 0) is 9.59 Å². The standard InChI is InChI=1S/C26H33Cl2N3O2/c1-14-10-16-18-6-5-8-25(18,2)9-7-19(16)26(3)12-17(24(33)31(4)21(14)26)23(32)30-20-11-15(27)13-29-22(20)28/h11,13,16-19H,5-10,12H2,1-4H3,(H,30,32)/t16-,17?,18-,19+,25-,26+/m0/s1. The number of carbonyl (C=O) groups excluding carboxylic acids is 2. The predicted octanol–water partition coefficient (Wildman–Crippen LogP) is 6.32. The monoisotopic (exact) mass is 489 g/mol. The Kier molecular flexibility index (Phi) is 5.60. The molecular weight excluding hydrogens is 457 g/mol. The fourth-order valence-corrected chi connectivity index (χ4v) is 8.49. The number of piperidine rings is 1. The zero-order chi connectivity index (χ0) is 23.7. The third-order valence-corrected chi connectivity index (χ3v) is 10.0. The van der Waals surface area contributed by atoms with Crippen LogP contribution < -0.4 is 5.32 Å². The summed E-state index contributed by atoms with van der Waals surface area (Å²) in [4.78, 5) is 32.6. The fourth-order valence-electron chi connectivity index (χ4n) is 8.18. The first-order chi connectivity index (χ1) is 15.5. The van der Waals surface area contributed by atoms with E-state index in [-0.39, 0.29) is 22.4 Å². The highest BCUT2D eigenvalue weighted by atomic mass is 35.5. The van der Waals surface area contributed by atoms with Gasteiger partial charge in [-0.25, -0.2) is 4.98 Å². The molecule has 2 saturated carbocycles. The molecule has 3 fully saturated rings. The zero-order valence-electron chi connectivity index (χ0n) is 19.9. The molecule has 1 saturated heterocycles. The summed E-state index contributed by atoms with van der Waals surface area (Å²) in [7, 11) is 1.84. The highest BCUT2D eigenvalue weighted by molar-refractivity contribution is 6.34. The van der Waals surface area contributed by atoms with E-state index in [0.717, 1.165) is 18.0 Å². The average Bonchev–Trinajstić information content (AvgIpc) is 3.15. The number of amides is 2. The van der Waals surface area contributed by atoms with Gasteiger partial charge in [-0.2, -0.15) is 0 Å². The van der Waals surface area contributed by atoms with Crippen LogP contribution in [-0.4, -0.2) is 28.7 Å². The van der Waals surface area contributed by atoms with Crippen molar-refractivity contribution in [1.29, 1.82) is 0 Å². The number of fused-ring (bicyclic) bond motifs is 5. The SMILES string of the molecule is CC1=C2N(C)C(=O)C(C(=O)Nc3cc(Cl)cnc3Cl)C[C@]2(C)[C@@H]2CC[C@]3(C)CCC[C@H]3[C@@H]2C1. The molecule has 178 valence electrons. The highest BCUT2D eigenvalue weighted by Crippen LogP contribution is 2.65. The summed E-state index contributed by atoms with van der Waals surface area (Å²) in [5.41, 5.74) is 3.08. The maximum absolute atomic E-state index is 13.4. The molecule has 6 atom stereocenters. The predicted molar refractivity (Wildman–Crippen MR) is 131 cm³/mol. The van der Waals surface area contributed by atoms with Crippen molar-refractivity contribution in [2.24, 2.45) is 34.5 Å². The summed E-state index contributed by atoms with van der Waals surface area (Å²) in [5.74, 6) is 0.634. The van der Waals surface area contributed by atoms with E-state index in [2.05, 4.69) is 31.1 Å². The van der Waals surface area contributed by atoms with Crippen LogP contribution >= 0.6 is 23.2 Å². The molecule has 0 aromatic carbocycles. The van der Waals surface area contributed by atoms with Crippen molar-refractivity contribution in [2.45, 2.75) is 65.7 Å². The summed E-state index contributed by atoms with van der Waals surface area (Å²) in [5, 5.41) is 3.37. The van der Waals surface area contributed by atoms with Gasteiger partial charge >= 0.3 is 0 Å². The van der Waals surface area contributed by atoms with Gasteiger partial charge in [-0.15, -0.1) is 0 Å². The van der Waals surface area contributed by atoms with Gasteiger partial charge in [-0.05, 0) is 74.7 Å². The van der Waals surface area contributed by atoms with E-state index in [1.807, 2.05) is 7.05 Å². The van der Waals surface area contributed by atoms with E-state index in [1.54, 1.807) is 11.0 Å². The molecule has 1 N–H and O–H groups in total. The summed E-state index contributed by atoms with van der Waals surface area (Å²) >= 11 is 12.2. The smallest absolute Gasteiger partial charge is 0.239 e. The second-order valence-electron chi connectivity index (χ2n) is 11.3. The van der Waals surface area contributed by atoms with Gasteiger partial charge in [0.05, 0.1) is 10.7 Å². The molecule has 33 heavy (non-hydrogen) atoms. The number of hydrogen-bond donors (Lipinski definition) is 1. The van der Waals surface area contributed by atoms with Crippen molar-refractivity contribution in [2.75, 3.05) is 12.4 Å². The Morgan fingerprint density at radius 3 is 2.73 bits per heavy atom. The summed E-state index contributed by atoms with van der Waals surface area (Å²) in [6.07, 6.45) is 9.44. The molecule has 1 aromatic rings. The average molecular weight is 490 g/mol. The minimum absolute atomic E-state index is 0.148. The molecule has 3 aliphatic carbocycles. The van der Waals surface area contributed by atoms with Crippen molar-refractivity contribution < 1.29 is 9.59 Å². The molecule has 2 heterocycles. The number of pyridine rings is 1. The van der Waals surface area contributed by atoms with Crippen molar-refractivity contribution in [3.63, 3.8) is 0 Å². The van der Waals surface area contributed by atoms with Gasteiger partial charge in [0, 0.05) is 24.4 Å². The van der Waals surface area contributed by atoms with E-state index in [1.165, 1.54) is 43.9 Å². The van der Waals surface area contributed by atoms with E-state index in [4.69, 9.17) is 23.2 Å². The topological polar surface area (TPSA) is 62.3 Å². The quantitative estimate of drug-likeness (QED) is 0.390. The lowest BCUT2D eigenvalue weighted by Crippen LogP contribution is -2.57. The van der Waals surface area contributed by atoms with Crippen LogP contribution in [0.5, 0.6) is 0 Å². The third kappa shape index (κ3) is 3.53. The van der Waals surface area contributed by atoms with E-state index >= 15 is 0 Å². The zero-order valence-corrected chi connectivity index (χ0v) is 21.4. The summed E-state index contributed by atoms with van der Waals surface area (Å²) in [6, 6.07) is 1.57. The number of halogens is 2. The normalized spacial score (nSPS) is 38.0. The number of nitrogens with zero attached hydrogens (tertiary/aromatic N) is 2. The van der Waals surface area contributed by atoms with Gasteiger partial charge in [-0.3, -0.25) is 9.59 Å². The molecule has 1 unspecified atom stereocenters. The number of nitrogens with one attached hydrogen (secondary N) is 1. The molecule has 1 aromatic heterocycles. The van der Waals surface area contributed by atoms with Gasteiger partial charge in [0.25, 0.3) is 0 Å². The second kappa shape index (κ2) is 7.98. The van der Waals surface area contributed by atoms with Crippen LogP contribution in [0, 0.1) is 34.5 Å². The van der Waals surface area contributed by atoms with Gasteiger partial charge in [-0.1, -0.05) is 49.0 Å². The summed E-state index contributed by atoms with van der Waals surface area (Å²) < 4.78 is 0. The minimum Gasteiger partial charge on any atom is -0.323 e. The number of aromatic nitrogens is 1. The Labute approximate surface area is 206 Å². The molecule has 5 nitrogen and oxygen atoms in total. The van der Waals surface area contributed by atoms with Crippen LogP contribution in [0.25, 0.3) is 0 Å². The molecule has 2 amide bonds. The fraction of sp³-hybridized carbons (Fsp3) is 0.654. The molecule has 1 aliphatic heterocycles. The van der Waals surface area contributed by atoms with Crippen LogP contribution in [0.4, 0.5) is 5.69 Å². The largest absolute Gasteiger partial charge is 0.323 e. The first-order valence-corrected chi connectivity index (χ1v) is 12.9. The number of hydrogen-bond acceptors (Lipinski definition) is 3. The maximum atomic E-state index is 13.4. The molecule has 5 rings (SSSR count). The third-order valence-electron chi connectivity index (χ3n) is 9.50. The van der Waals surface area contributed by atoms with Crippen molar-refractivity contribution in [3.05, 3.63) is 33.7 Å². The van der Waals surface area contributed by atoms with Gasteiger partial charge in [0.1, 0.15) is 5.92 Å². The second-order valence-corrected chi connectivity index (χ2v) is 12.1. The van der Waals surface area contributed by atoms with Crippen molar-refractivity contribution in [1.82, 2.24) is 9.88 Å². The van der Waals surface area contributed by atoms with Gasteiger partial charge in [0.2, 0.25) is 11.8 Å². The van der Waals surface area contributed by atoms with E-state index in [0.29, 0.717) is 34.4 Å². The first-order valence-electron chi connectivity index (χ1n) is 12.1.